The Morgan fingerprint density at radius 1 is 1.25 bits per heavy atom. The zero-order chi connectivity index (χ0) is 14.7. The van der Waals surface area contributed by atoms with Gasteiger partial charge in [-0.15, -0.1) is 0 Å². The molecule has 2 rings (SSSR count). The summed E-state index contributed by atoms with van der Waals surface area (Å²) in [6, 6.07) is 10.3. The second-order valence-corrected chi connectivity index (χ2v) is 6.12. The molecular weight excluding hydrogens is 411 g/mol. The van der Waals surface area contributed by atoms with Crippen LogP contribution in [0.25, 0.3) is 0 Å². The molecule has 0 atom stereocenters. The Kier molecular flexibility index (Phi) is 5.07. The highest BCUT2D eigenvalue weighted by Gasteiger charge is 2.14. The summed E-state index contributed by atoms with van der Waals surface area (Å²) in [7, 11) is 0. The molecule has 0 amide bonds. The average Bonchev–Trinajstić information content (AvgIpc) is 2.38. The fourth-order valence-electron chi connectivity index (χ4n) is 1.61. The minimum absolute atomic E-state index is 0.104. The third kappa shape index (κ3) is 3.53. The fourth-order valence-corrected chi connectivity index (χ4v) is 2.82. The van der Waals surface area contributed by atoms with Gasteiger partial charge in [-0.1, -0.05) is 39.7 Å². The number of halogens is 3. The van der Waals surface area contributed by atoms with E-state index in [0.29, 0.717) is 15.2 Å². The molecule has 6 heteroatoms. The van der Waals surface area contributed by atoms with Crippen molar-refractivity contribution in [3.8, 4) is 5.75 Å². The third-order valence-electron chi connectivity index (χ3n) is 2.58. The lowest BCUT2D eigenvalue weighted by atomic mass is 10.2. The molecule has 0 spiro atoms. The second-order valence-electron chi connectivity index (χ2n) is 3.95. The van der Waals surface area contributed by atoms with Crippen molar-refractivity contribution < 1.29 is 14.6 Å². The van der Waals surface area contributed by atoms with Gasteiger partial charge in [0, 0.05) is 15.1 Å². The van der Waals surface area contributed by atoms with E-state index in [2.05, 4.69) is 31.9 Å². The van der Waals surface area contributed by atoms with Crippen LogP contribution < -0.4 is 4.74 Å². The zero-order valence-electron chi connectivity index (χ0n) is 10.1. The Morgan fingerprint density at radius 3 is 2.65 bits per heavy atom. The lowest BCUT2D eigenvalue weighted by molar-refractivity contribution is 0.0691. The van der Waals surface area contributed by atoms with Crippen molar-refractivity contribution in [3.05, 3.63) is 61.5 Å². The molecule has 0 saturated heterocycles. The minimum Gasteiger partial charge on any atom is -0.487 e. The summed E-state index contributed by atoms with van der Waals surface area (Å²) >= 11 is 12.7. The smallest absolute Gasteiger partial charge is 0.339 e. The van der Waals surface area contributed by atoms with Crippen LogP contribution in [0.2, 0.25) is 5.02 Å². The number of hydrogen-bond acceptors (Lipinski definition) is 2. The van der Waals surface area contributed by atoms with Crippen molar-refractivity contribution in [2.24, 2.45) is 0 Å². The molecule has 1 N–H and O–H groups in total. The molecule has 0 aliphatic rings. The predicted molar refractivity (Wildman–Crippen MR) is 84.6 cm³/mol. The number of aromatic carboxylic acids is 1. The van der Waals surface area contributed by atoms with Gasteiger partial charge in [0.2, 0.25) is 0 Å². The van der Waals surface area contributed by atoms with Crippen molar-refractivity contribution >= 4 is 49.4 Å². The van der Waals surface area contributed by atoms with Crippen molar-refractivity contribution in [1.29, 1.82) is 0 Å². The van der Waals surface area contributed by atoms with Gasteiger partial charge in [-0.2, -0.15) is 0 Å². The van der Waals surface area contributed by atoms with Crippen LogP contribution in [0.15, 0.2) is 45.3 Å². The summed E-state index contributed by atoms with van der Waals surface area (Å²) in [5, 5.41) is 9.70. The Morgan fingerprint density at radius 2 is 2.00 bits per heavy atom. The molecule has 0 unspecified atom stereocenters. The molecule has 0 aromatic heterocycles. The number of para-hydroxylation sites is 1. The SMILES string of the molecule is O=C(O)c1cccc(Br)c1OCc1ccc(Br)cc1Cl. The molecular formula is C14H9Br2ClO3. The van der Waals surface area contributed by atoms with Gasteiger partial charge in [-0.05, 0) is 40.2 Å². The van der Waals surface area contributed by atoms with Crippen LogP contribution in [0, 0.1) is 0 Å². The highest BCUT2D eigenvalue weighted by Crippen LogP contribution is 2.31. The van der Waals surface area contributed by atoms with Crippen LogP contribution >= 0.6 is 43.5 Å². The maximum atomic E-state index is 11.2. The van der Waals surface area contributed by atoms with Crippen molar-refractivity contribution in [2.75, 3.05) is 0 Å². The van der Waals surface area contributed by atoms with Crippen LogP contribution in [0.3, 0.4) is 0 Å². The van der Waals surface area contributed by atoms with Crippen LogP contribution in [0.5, 0.6) is 5.75 Å². The summed E-state index contributed by atoms with van der Waals surface area (Å²) < 4.78 is 7.07. The van der Waals surface area contributed by atoms with Gasteiger partial charge >= 0.3 is 5.97 Å². The van der Waals surface area contributed by atoms with E-state index < -0.39 is 5.97 Å². The summed E-state index contributed by atoms with van der Waals surface area (Å²) in [5.41, 5.74) is 0.884. The lowest BCUT2D eigenvalue weighted by Gasteiger charge is -2.12. The van der Waals surface area contributed by atoms with Crippen LogP contribution in [0.4, 0.5) is 0 Å². The molecule has 0 radical (unpaired) electrons. The fraction of sp³-hybridized carbons (Fsp3) is 0.0714. The Balaban J connectivity index is 2.25. The van der Waals surface area contributed by atoms with E-state index >= 15 is 0 Å². The molecule has 2 aromatic carbocycles. The van der Waals surface area contributed by atoms with Crippen LogP contribution in [-0.4, -0.2) is 11.1 Å². The molecule has 104 valence electrons. The van der Waals surface area contributed by atoms with Gasteiger partial charge in [0.05, 0.1) is 4.47 Å². The summed E-state index contributed by atoms with van der Waals surface area (Å²) in [5.74, 6) is -0.748. The lowest BCUT2D eigenvalue weighted by Crippen LogP contribution is -2.04. The maximum absolute atomic E-state index is 11.2. The second kappa shape index (κ2) is 6.61. The normalized spacial score (nSPS) is 10.3. The monoisotopic (exact) mass is 418 g/mol. The molecule has 0 heterocycles. The standard InChI is InChI=1S/C14H9Br2ClO3/c15-9-5-4-8(12(17)6-9)7-20-13-10(14(18)19)2-1-3-11(13)16/h1-6H,7H2,(H,18,19). The van der Waals surface area contributed by atoms with Crippen molar-refractivity contribution in [1.82, 2.24) is 0 Å². The van der Waals surface area contributed by atoms with Crippen LogP contribution in [-0.2, 0) is 6.61 Å². The number of carboxylic acids is 1. The first-order chi connectivity index (χ1) is 9.49. The summed E-state index contributed by atoms with van der Waals surface area (Å²) in [6.45, 7) is 0.189. The van der Waals surface area contributed by atoms with Gasteiger partial charge in [0.15, 0.2) is 0 Å². The molecule has 0 aliphatic carbocycles. The molecule has 20 heavy (non-hydrogen) atoms. The average molecular weight is 420 g/mol. The Bertz CT molecular complexity index is 659. The number of carboxylic acid groups (broad SMARTS) is 1. The molecule has 0 bridgehead atoms. The zero-order valence-corrected chi connectivity index (χ0v) is 14.0. The number of benzene rings is 2. The number of carbonyl (C=O) groups is 1. The predicted octanol–water partition coefficient (Wildman–Crippen LogP) is 5.14. The van der Waals surface area contributed by atoms with Crippen molar-refractivity contribution in [2.45, 2.75) is 6.61 Å². The third-order valence-corrected chi connectivity index (χ3v) is 4.05. The van der Waals surface area contributed by atoms with Gasteiger partial charge in [0.25, 0.3) is 0 Å². The first kappa shape index (κ1) is 15.4. The molecule has 3 nitrogen and oxygen atoms in total. The van der Waals surface area contributed by atoms with Crippen LogP contribution in [0.1, 0.15) is 15.9 Å². The molecule has 0 aliphatic heterocycles. The van der Waals surface area contributed by atoms with E-state index in [1.807, 2.05) is 12.1 Å². The number of rotatable bonds is 4. The van der Waals surface area contributed by atoms with E-state index in [1.54, 1.807) is 18.2 Å². The maximum Gasteiger partial charge on any atom is 0.339 e. The highest BCUT2D eigenvalue weighted by atomic mass is 79.9. The Labute approximate surface area is 137 Å². The van der Waals surface area contributed by atoms with E-state index in [4.69, 9.17) is 21.4 Å². The number of hydrogen-bond donors (Lipinski definition) is 1. The van der Waals surface area contributed by atoms with Gasteiger partial charge in [-0.3, -0.25) is 0 Å². The summed E-state index contributed by atoms with van der Waals surface area (Å²) in [6.07, 6.45) is 0. The Hall–Kier alpha value is -1.04. The highest BCUT2D eigenvalue weighted by molar-refractivity contribution is 9.10. The van der Waals surface area contributed by atoms with Gasteiger partial charge in [-0.25, -0.2) is 4.79 Å². The first-order valence-electron chi connectivity index (χ1n) is 5.57. The van der Waals surface area contributed by atoms with E-state index in [9.17, 15) is 4.79 Å². The van der Waals surface area contributed by atoms with E-state index in [0.717, 1.165) is 10.0 Å². The minimum atomic E-state index is -1.04. The van der Waals surface area contributed by atoms with E-state index in [1.165, 1.54) is 6.07 Å². The molecule has 0 fully saturated rings. The van der Waals surface area contributed by atoms with Crippen molar-refractivity contribution in [3.63, 3.8) is 0 Å². The quantitative estimate of drug-likeness (QED) is 0.745. The summed E-state index contributed by atoms with van der Waals surface area (Å²) in [4.78, 5) is 11.2. The molecule has 0 saturated carbocycles. The molecule has 2 aromatic rings. The largest absolute Gasteiger partial charge is 0.487 e. The topological polar surface area (TPSA) is 46.5 Å². The first-order valence-corrected chi connectivity index (χ1v) is 7.54. The number of ether oxygens (including phenoxy) is 1. The van der Waals surface area contributed by atoms with Gasteiger partial charge < -0.3 is 9.84 Å². The van der Waals surface area contributed by atoms with Gasteiger partial charge in [0.1, 0.15) is 17.9 Å². The van der Waals surface area contributed by atoms with E-state index in [-0.39, 0.29) is 12.2 Å².